The van der Waals surface area contributed by atoms with Crippen molar-refractivity contribution in [3.05, 3.63) is 59.7 Å². The molecular weight excluding hydrogens is 245 g/mol. The van der Waals surface area contributed by atoms with Gasteiger partial charge in [0.15, 0.2) is 0 Å². The van der Waals surface area contributed by atoms with Crippen molar-refractivity contribution in [3.8, 4) is 5.75 Å². The molecule has 2 rings (SSSR count). The Balaban J connectivity index is 2.02. The molecule has 0 amide bonds. The summed E-state index contributed by atoms with van der Waals surface area (Å²) >= 11 is 0. The quantitative estimate of drug-likeness (QED) is 0.899. The van der Waals surface area contributed by atoms with Gasteiger partial charge in [-0.05, 0) is 42.7 Å². The number of benzene rings is 1. The molecule has 19 heavy (non-hydrogen) atoms. The Morgan fingerprint density at radius 3 is 2.63 bits per heavy atom. The topological polar surface area (TPSA) is 42.4 Å². The minimum atomic E-state index is -0.820. The second-order valence-corrected chi connectivity index (χ2v) is 4.30. The van der Waals surface area contributed by atoms with Gasteiger partial charge in [0.25, 0.3) is 0 Å². The molecule has 0 aliphatic heterocycles. The molecule has 0 aliphatic carbocycles. The molecule has 0 fully saturated rings. The van der Waals surface area contributed by atoms with Crippen LogP contribution in [0.5, 0.6) is 5.75 Å². The molecular formula is C15H16FNO2. The summed E-state index contributed by atoms with van der Waals surface area (Å²) < 4.78 is 18.7. The van der Waals surface area contributed by atoms with Crippen LogP contribution in [0, 0.1) is 5.82 Å². The van der Waals surface area contributed by atoms with Crippen LogP contribution in [0.25, 0.3) is 0 Å². The molecule has 3 nitrogen and oxygen atoms in total. The van der Waals surface area contributed by atoms with Crippen LogP contribution in [-0.2, 0) is 6.42 Å². The first-order valence-corrected chi connectivity index (χ1v) is 6.11. The fourth-order valence-corrected chi connectivity index (χ4v) is 1.91. The summed E-state index contributed by atoms with van der Waals surface area (Å²) in [5.41, 5.74) is 1.37. The normalized spacial score (nSPS) is 12.2. The van der Waals surface area contributed by atoms with Gasteiger partial charge in [-0.3, -0.25) is 4.98 Å². The van der Waals surface area contributed by atoms with E-state index < -0.39 is 11.9 Å². The fourth-order valence-electron chi connectivity index (χ4n) is 1.91. The van der Waals surface area contributed by atoms with Crippen LogP contribution in [0.3, 0.4) is 0 Å². The average molecular weight is 261 g/mol. The molecule has 1 unspecified atom stereocenters. The largest absolute Gasteiger partial charge is 0.497 e. The van der Waals surface area contributed by atoms with Gasteiger partial charge in [0.05, 0.1) is 13.2 Å². The first kappa shape index (κ1) is 13.5. The van der Waals surface area contributed by atoms with Crippen LogP contribution < -0.4 is 4.74 Å². The SMILES string of the molecule is COc1ccc(C(O)CCc2ccncc2)c(F)c1. The second-order valence-electron chi connectivity index (χ2n) is 4.30. The number of hydrogen-bond donors (Lipinski definition) is 1. The van der Waals surface area contributed by atoms with Gasteiger partial charge in [-0.15, -0.1) is 0 Å². The maximum atomic E-state index is 13.8. The number of rotatable bonds is 5. The Hall–Kier alpha value is -1.94. The average Bonchev–Trinajstić information content (AvgIpc) is 2.45. The lowest BCUT2D eigenvalue weighted by molar-refractivity contribution is 0.163. The molecule has 100 valence electrons. The van der Waals surface area contributed by atoms with Gasteiger partial charge < -0.3 is 9.84 Å². The lowest BCUT2D eigenvalue weighted by atomic mass is 10.0. The van der Waals surface area contributed by atoms with Gasteiger partial charge in [-0.25, -0.2) is 4.39 Å². The van der Waals surface area contributed by atoms with E-state index in [9.17, 15) is 9.50 Å². The van der Waals surface area contributed by atoms with Gasteiger partial charge in [0.2, 0.25) is 0 Å². The Bertz CT molecular complexity index is 531. The molecule has 0 saturated carbocycles. The molecule has 1 atom stereocenters. The molecule has 1 aromatic carbocycles. The standard InChI is InChI=1S/C15H16FNO2/c1-19-12-3-4-13(14(16)10-12)15(18)5-2-11-6-8-17-9-7-11/h3-4,6-10,15,18H,2,5H2,1H3. The van der Waals surface area contributed by atoms with E-state index in [1.54, 1.807) is 24.5 Å². The van der Waals surface area contributed by atoms with E-state index in [0.717, 1.165) is 5.56 Å². The van der Waals surface area contributed by atoms with Crippen molar-refractivity contribution in [2.75, 3.05) is 7.11 Å². The molecule has 1 N–H and O–H groups in total. The summed E-state index contributed by atoms with van der Waals surface area (Å²) in [6.07, 6.45) is 3.73. The number of pyridine rings is 1. The van der Waals surface area contributed by atoms with Crippen molar-refractivity contribution >= 4 is 0 Å². The predicted octanol–water partition coefficient (Wildman–Crippen LogP) is 2.90. The first-order valence-electron chi connectivity index (χ1n) is 6.11. The molecule has 0 bridgehead atoms. The van der Waals surface area contributed by atoms with Gasteiger partial charge in [0.1, 0.15) is 11.6 Å². The summed E-state index contributed by atoms with van der Waals surface area (Å²) in [7, 11) is 1.48. The van der Waals surface area contributed by atoms with Crippen LogP contribution in [-0.4, -0.2) is 17.2 Å². The third-order valence-electron chi connectivity index (χ3n) is 3.02. The number of hydrogen-bond acceptors (Lipinski definition) is 3. The number of aryl methyl sites for hydroxylation is 1. The van der Waals surface area contributed by atoms with Crippen molar-refractivity contribution in [3.63, 3.8) is 0 Å². The van der Waals surface area contributed by atoms with E-state index in [0.29, 0.717) is 24.2 Å². The summed E-state index contributed by atoms with van der Waals surface area (Å²) in [4.78, 5) is 3.93. The Labute approximate surface area is 111 Å². The van der Waals surface area contributed by atoms with E-state index >= 15 is 0 Å². The first-order chi connectivity index (χ1) is 9.20. The van der Waals surface area contributed by atoms with E-state index in [-0.39, 0.29) is 0 Å². The maximum Gasteiger partial charge on any atom is 0.132 e. The van der Waals surface area contributed by atoms with Gasteiger partial charge in [-0.1, -0.05) is 0 Å². The monoisotopic (exact) mass is 261 g/mol. The lowest BCUT2D eigenvalue weighted by Gasteiger charge is -2.12. The minimum absolute atomic E-state index is 0.301. The highest BCUT2D eigenvalue weighted by Crippen LogP contribution is 2.25. The van der Waals surface area contributed by atoms with Crippen LogP contribution >= 0.6 is 0 Å². The number of aliphatic hydroxyl groups excluding tert-OH is 1. The number of nitrogens with zero attached hydrogens (tertiary/aromatic N) is 1. The number of halogens is 1. The van der Waals surface area contributed by atoms with E-state index in [1.165, 1.54) is 13.2 Å². The van der Waals surface area contributed by atoms with Crippen molar-refractivity contribution in [1.29, 1.82) is 0 Å². The maximum absolute atomic E-state index is 13.8. The van der Waals surface area contributed by atoms with Crippen LogP contribution in [0.15, 0.2) is 42.7 Å². The zero-order valence-corrected chi connectivity index (χ0v) is 10.7. The molecule has 2 aromatic rings. The molecule has 0 saturated heterocycles. The number of ether oxygens (including phenoxy) is 1. The smallest absolute Gasteiger partial charge is 0.132 e. The highest BCUT2D eigenvalue weighted by Gasteiger charge is 2.13. The molecule has 0 aliphatic rings. The van der Waals surface area contributed by atoms with Crippen molar-refractivity contribution in [2.45, 2.75) is 18.9 Å². The van der Waals surface area contributed by atoms with Crippen molar-refractivity contribution in [1.82, 2.24) is 4.98 Å². The van der Waals surface area contributed by atoms with E-state index in [4.69, 9.17) is 4.74 Å². The Morgan fingerprint density at radius 1 is 1.26 bits per heavy atom. The fraction of sp³-hybridized carbons (Fsp3) is 0.267. The number of methoxy groups -OCH3 is 1. The zero-order chi connectivity index (χ0) is 13.7. The van der Waals surface area contributed by atoms with Gasteiger partial charge in [-0.2, -0.15) is 0 Å². The van der Waals surface area contributed by atoms with Crippen LogP contribution in [0.4, 0.5) is 4.39 Å². The van der Waals surface area contributed by atoms with Crippen LogP contribution in [0.1, 0.15) is 23.7 Å². The zero-order valence-electron chi connectivity index (χ0n) is 10.7. The molecule has 1 aromatic heterocycles. The van der Waals surface area contributed by atoms with Gasteiger partial charge >= 0.3 is 0 Å². The summed E-state index contributed by atoms with van der Waals surface area (Å²) in [6, 6.07) is 8.26. The van der Waals surface area contributed by atoms with E-state index in [2.05, 4.69) is 4.98 Å². The second kappa shape index (κ2) is 6.29. The number of aromatic nitrogens is 1. The third kappa shape index (κ3) is 3.51. The van der Waals surface area contributed by atoms with E-state index in [1.807, 2.05) is 12.1 Å². The summed E-state index contributed by atoms with van der Waals surface area (Å²) in [5.74, 6) is 0.00385. The van der Waals surface area contributed by atoms with Crippen molar-refractivity contribution in [2.24, 2.45) is 0 Å². The molecule has 1 heterocycles. The highest BCUT2D eigenvalue weighted by atomic mass is 19.1. The van der Waals surface area contributed by atoms with Crippen molar-refractivity contribution < 1.29 is 14.2 Å². The number of aliphatic hydroxyl groups is 1. The molecule has 0 radical (unpaired) electrons. The highest BCUT2D eigenvalue weighted by molar-refractivity contribution is 5.30. The Morgan fingerprint density at radius 2 is 2.00 bits per heavy atom. The van der Waals surface area contributed by atoms with Crippen LogP contribution in [0.2, 0.25) is 0 Å². The third-order valence-corrected chi connectivity index (χ3v) is 3.02. The minimum Gasteiger partial charge on any atom is -0.497 e. The lowest BCUT2D eigenvalue weighted by Crippen LogP contribution is -2.03. The van der Waals surface area contributed by atoms with Gasteiger partial charge in [0, 0.05) is 24.0 Å². The predicted molar refractivity (Wildman–Crippen MR) is 70.5 cm³/mol. The molecule has 0 spiro atoms. The summed E-state index contributed by atoms with van der Waals surface area (Å²) in [5, 5.41) is 10.0. The summed E-state index contributed by atoms with van der Waals surface area (Å²) in [6.45, 7) is 0. The molecule has 4 heteroatoms. The Kier molecular flexibility index (Phi) is 4.47.